The zero-order valence-electron chi connectivity index (χ0n) is 20.8. The van der Waals surface area contributed by atoms with Gasteiger partial charge in [0.25, 0.3) is 10.0 Å². The molecule has 3 aromatic heterocycles. The molecular weight excluding hydrogens is 516 g/mol. The monoisotopic (exact) mass is 544 g/mol. The van der Waals surface area contributed by atoms with Gasteiger partial charge in [-0.1, -0.05) is 17.7 Å². The molecule has 196 valence electrons. The van der Waals surface area contributed by atoms with Gasteiger partial charge >= 0.3 is 0 Å². The highest BCUT2D eigenvalue weighted by atomic mass is 35.5. The van der Waals surface area contributed by atoms with E-state index in [0.717, 1.165) is 37.4 Å². The Morgan fingerprint density at radius 2 is 1.73 bits per heavy atom. The highest BCUT2D eigenvalue weighted by Crippen LogP contribution is 2.25. The number of anilines is 2. The SMILES string of the molecule is COc1nc(NS(=O)(=O)c2cnccc2Cl)ncc1C=Cc1cnc(NC2CCC(N(C)C)CC2)nc1. The molecule has 4 rings (SSSR count). The first-order valence-electron chi connectivity index (χ1n) is 11.7. The van der Waals surface area contributed by atoms with Gasteiger partial charge in [0.05, 0.1) is 17.7 Å². The first-order chi connectivity index (χ1) is 17.7. The second kappa shape index (κ2) is 11.8. The Morgan fingerprint density at radius 3 is 2.38 bits per heavy atom. The summed E-state index contributed by atoms with van der Waals surface area (Å²) in [5.74, 6) is 0.637. The van der Waals surface area contributed by atoms with Crippen LogP contribution >= 0.6 is 11.6 Å². The first-order valence-corrected chi connectivity index (χ1v) is 13.6. The van der Waals surface area contributed by atoms with Crippen LogP contribution in [0.3, 0.4) is 0 Å². The number of halogens is 1. The maximum atomic E-state index is 12.6. The van der Waals surface area contributed by atoms with Gasteiger partial charge in [-0.25, -0.2) is 28.1 Å². The zero-order chi connectivity index (χ0) is 26.4. The van der Waals surface area contributed by atoms with Crippen LogP contribution in [0, 0.1) is 0 Å². The molecule has 1 aliphatic rings. The molecule has 0 aliphatic heterocycles. The van der Waals surface area contributed by atoms with Gasteiger partial charge in [0.1, 0.15) is 4.90 Å². The fraction of sp³-hybridized carbons (Fsp3) is 0.375. The van der Waals surface area contributed by atoms with Gasteiger partial charge in [0.2, 0.25) is 17.8 Å². The maximum Gasteiger partial charge on any atom is 0.267 e. The smallest absolute Gasteiger partial charge is 0.267 e. The Hall–Kier alpha value is -3.35. The summed E-state index contributed by atoms with van der Waals surface area (Å²) in [4.78, 5) is 23.0. The predicted octanol–water partition coefficient (Wildman–Crippen LogP) is 3.58. The summed E-state index contributed by atoms with van der Waals surface area (Å²) in [5, 5.41) is 3.46. The van der Waals surface area contributed by atoms with Crippen LogP contribution in [-0.2, 0) is 10.0 Å². The van der Waals surface area contributed by atoms with Crippen LogP contribution in [0.25, 0.3) is 12.2 Å². The van der Waals surface area contributed by atoms with Gasteiger partial charge in [0, 0.05) is 48.6 Å². The van der Waals surface area contributed by atoms with E-state index >= 15 is 0 Å². The zero-order valence-corrected chi connectivity index (χ0v) is 22.4. The number of nitrogens with zero attached hydrogens (tertiary/aromatic N) is 6. The Balaban J connectivity index is 1.39. The molecule has 3 aromatic rings. The molecule has 3 heterocycles. The van der Waals surface area contributed by atoms with Gasteiger partial charge in [-0.05, 0) is 51.9 Å². The van der Waals surface area contributed by atoms with Crippen LogP contribution < -0.4 is 14.8 Å². The molecule has 1 fully saturated rings. The quantitative estimate of drug-likeness (QED) is 0.411. The lowest BCUT2D eigenvalue weighted by molar-refractivity contribution is 0.221. The van der Waals surface area contributed by atoms with Gasteiger partial charge in [-0.15, -0.1) is 0 Å². The van der Waals surface area contributed by atoms with Crippen molar-refractivity contribution in [3.05, 3.63) is 53.2 Å². The van der Waals surface area contributed by atoms with E-state index in [1.807, 2.05) is 0 Å². The number of hydrogen-bond donors (Lipinski definition) is 2. The van der Waals surface area contributed by atoms with Crippen LogP contribution in [0.5, 0.6) is 5.88 Å². The summed E-state index contributed by atoms with van der Waals surface area (Å²) < 4.78 is 32.9. The number of hydrogen-bond acceptors (Lipinski definition) is 10. The van der Waals surface area contributed by atoms with E-state index in [1.54, 1.807) is 24.5 Å². The molecule has 0 bridgehead atoms. The highest BCUT2D eigenvalue weighted by Gasteiger charge is 2.23. The molecule has 0 spiro atoms. The molecule has 0 unspecified atom stereocenters. The molecule has 11 nitrogen and oxygen atoms in total. The average Bonchev–Trinajstić information content (AvgIpc) is 2.89. The largest absolute Gasteiger partial charge is 0.480 e. The van der Waals surface area contributed by atoms with Gasteiger partial charge in [-0.3, -0.25) is 4.98 Å². The Bertz CT molecular complexity index is 1340. The van der Waals surface area contributed by atoms with E-state index in [1.165, 1.54) is 25.6 Å². The summed E-state index contributed by atoms with van der Waals surface area (Å²) in [6.07, 6.45) is 15.5. The van der Waals surface area contributed by atoms with Crippen molar-refractivity contribution in [3.63, 3.8) is 0 Å². The Morgan fingerprint density at radius 1 is 1.03 bits per heavy atom. The van der Waals surface area contributed by atoms with Crippen LogP contribution in [0.2, 0.25) is 5.02 Å². The number of methoxy groups -OCH3 is 1. The Labute approximate surface area is 221 Å². The molecule has 1 aliphatic carbocycles. The van der Waals surface area contributed by atoms with E-state index in [4.69, 9.17) is 16.3 Å². The lowest BCUT2D eigenvalue weighted by Gasteiger charge is -2.32. The van der Waals surface area contributed by atoms with Crippen molar-refractivity contribution in [3.8, 4) is 5.88 Å². The minimum absolute atomic E-state index is 0.0363. The van der Waals surface area contributed by atoms with Crippen molar-refractivity contribution in [1.82, 2.24) is 29.8 Å². The van der Waals surface area contributed by atoms with E-state index in [9.17, 15) is 8.42 Å². The second-order valence-electron chi connectivity index (χ2n) is 8.86. The molecule has 0 saturated heterocycles. The van der Waals surface area contributed by atoms with Crippen molar-refractivity contribution in [2.75, 3.05) is 31.2 Å². The third-order valence-electron chi connectivity index (χ3n) is 6.11. The lowest BCUT2D eigenvalue weighted by Crippen LogP contribution is -2.36. The fourth-order valence-corrected chi connectivity index (χ4v) is 5.43. The number of nitrogens with one attached hydrogen (secondary N) is 2. The molecule has 0 radical (unpaired) electrons. The van der Waals surface area contributed by atoms with Crippen LogP contribution in [0.1, 0.15) is 36.8 Å². The summed E-state index contributed by atoms with van der Waals surface area (Å²) in [6.45, 7) is 0. The molecule has 0 atom stereocenters. The summed E-state index contributed by atoms with van der Waals surface area (Å²) in [6, 6.07) is 2.40. The van der Waals surface area contributed by atoms with Crippen molar-refractivity contribution in [1.29, 1.82) is 0 Å². The number of rotatable bonds is 9. The topological polar surface area (TPSA) is 135 Å². The van der Waals surface area contributed by atoms with E-state index in [2.05, 4.69) is 54.0 Å². The number of aromatic nitrogens is 5. The van der Waals surface area contributed by atoms with E-state index < -0.39 is 10.0 Å². The summed E-state index contributed by atoms with van der Waals surface area (Å²) in [7, 11) is 1.67. The van der Waals surface area contributed by atoms with Gasteiger partial charge < -0.3 is 15.0 Å². The van der Waals surface area contributed by atoms with E-state index in [-0.39, 0.29) is 21.7 Å². The van der Waals surface area contributed by atoms with Crippen LogP contribution in [-0.4, -0.2) is 71.5 Å². The summed E-state index contributed by atoms with van der Waals surface area (Å²) in [5.41, 5.74) is 1.32. The van der Waals surface area contributed by atoms with Crippen molar-refractivity contribution in [2.45, 2.75) is 42.7 Å². The third-order valence-corrected chi connectivity index (χ3v) is 7.91. The lowest BCUT2D eigenvalue weighted by atomic mass is 9.91. The molecule has 37 heavy (non-hydrogen) atoms. The molecule has 0 amide bonds. The second-order valence-corrected chi connectivity index (χ2v) is 10.9. The van der Waals surface area contributed by atoms with Gasteiger partial charge in [-0.2, -0.15) is 4.98 Å². The van der Waals surface area contributed by atoms with Gasteiger partial charge in [0.15, 0.2) is 0 Å². The van der Waals surface area contributed by atoms with Crippen LogP contribution in [0.15, 0.2) is 41.9 Å². The minimum Gasteiger partial charge on any atom is -0.480 e. The number of pyridine rings is 1. The molecule has 1 saturated carbocycles. The van der Waals surface area contributed by atoms with Crippen molar-refractivity contribution < 1.29 is 13.2 Å². The summed E-state index contributed by atoms with van der Waals surface area (Å²) >= 11 is 5.98. The predicted molar refractivity (Wildman–Crippen MR) is 143 cm³/mol. The molecule has 13 heteroatoms. The average molecular weight is 545 g/mol. The Kier molecular flexibility index (Phi) is 8.52. The standard InChI is InChI=1S/C24H29ClN8O3S/c1-33(2)19-8-6-18(7-9-19)30-23-27-12-16(13-28-23)4-5-17-14-29-24(31-22(17)36-3)32-37(34,35)21-15-26-11-10-20(21)25/h4-5,10-15,18-19H,6-9H2,1-3H3,(H,27,28,30)(H,29,31,32). The van der Waals surface area contributed by atoms with Crippen LogP contribution in [0.4, 0.5) is 11.9 Å². The third kappa shape index (κ3) is 6.90. The molecular formula is C24H29ClN8O3S. The minimum atomic E-state index is -4.03. The number of ether oxygens (including phenoxy) is 1. The molecule has 2 N–H and O–H groups in total. The molecule has 0 aromatic carbocycles. The normalized spacial score (nSPS) is 18.2. The van der Waals surface area contributed by atoms with Crippen molar-refractivity contribution >= 4 is 45.7 Å². The maximum absolute atomic E-state index is 12.6. The van der Waals surface area contributed by atoms with Crippen molar-refractivity contribution in [2.24, 2.45) is 0 Å². The van der Waals surface area contributed by atoms with E-state index in [0.29, 0.717) is 23.6 Å². The highest BCUT2D eigenvalue weighted by molar-refractivity contribution is 7.92. The first kappa shape index (κ1) is 26.7. The fourth-order valence-electron chi connectivity index (χ4n) is 4.04. The number of sulfonamides is 1.